The second kappa shape index (κ2) is 6.02. The van der Waals surface area contributed by atoms with Crippen LogP contribution in [0.4, 0.5) is 5.69 Å². The molecule has 3 aromatic rings. The summed E-state index contributed by atoms with van der Waals surface area (Å²) >= 11 is 6.03. The highest BCUT2D eigenvalue weighted by atomic mass is 35.5. The van der Waals surface area contributed by atoms with Gasteiger partial charge in [0.15, 0.2) is 0 Å². The molecule has 0 aliphatic heterocycles. The predicted octanol–water partition coefficient (Wildman–Crippen LogP) is 3.76. The van der Waals surface area contributed by atoms with Crippen LogP contribution < -0.4 is 5.73 Å². The molecule has 4 heteroatoms. The zero-order chi connectivity index (χ0) is 14.7. The second-order valence-electron chi connectivity index (χ2n) is 4.98. The van der Waals surface area contributed by atoms with E-state index in [2.05, 4.69) is 15.6 Å². The number of nitrogens with two attached hydrogens (primary N) is 1. The molecule has 3 rings (SSSR count). The molecule has 0 saturated carbocycles. The quantitative estimate of drug-likeness (QED) is 0.745. The summed E-state index contributed by atoms with van der Waals surface area (Å²) in [7, 11) is 0. The number of aromatic nitrogens is 2. The van der Waals surface area contributed by atoms with Crippen molar-refractivity contribution in [3.05, 3.63) is 82.9 Å². The maximum atomic E-state index is 6.03. The maximum Gasteiger partial charge on any atom is 0.113 e. The van der Waals surface area contributed by atoms with E-state index >= 15 is 0 Å². The maximum absolute atomic E-state index is 6.03. The third-order valence-electron chi connectivity index (χ3n) is 3.45. The molecule has 3 nitrogen and oxygen atoms in total. The minimum Gasteiger partial charge on any atom is -0.398 e. The van der Waals surface area contributed by atoms with E-state index in [0.29, 0.717) is 0 Å². The van der Waals surface area contributed by atoms with Gasteiger partial charge in [-0.15, -0.1) is 0 Å². The molecule has 0 bridgehead atoms. The minimum absolute atomic E-state index is 0.725. The Labute approximate surface area is 129 Å². The number of hydrogen-bond donors (Lipinski definition) is 1. The van der Waals surface area contributed by atoms with Crippen molar-refractivity contribution in [2.75, 3.05) is 5.73 Å². The molecule has 0 aliphatic carbocycles. The van der Waals surface area contributed by atoms with Crippen LogP contribution in [0.1, 0.15) is 17.0 Å². The molecule has 0 atom stereocenters. The fraction of sp³-hybridized carbons (Fsp3) is 0.118. The molecular formula is C17H16ClN3. The fourth-order valence-corrected chi connectivity index (χ4v) is 2.56. The van der Waals surface area contributed by atoms with E-state index in [9.17, 15) is 0 Å². The Morgan fingerprint density at radius 1 is 1.10 bits per heavy atom. The van der Waals surface area contributed by atoms with Gasteiger partial charge in [-0.3, -0.25) is 0 Å². The Balaban J connectivity index is 1.83. The summed E-state index contributed by atoms with van der Waals surface area (Å²) < 4.78 is 2.12. The smallest absolute Gasteiger partial charge is 0.113 e. The molecule has 0 saturated heterocycles. The highest BCUT2D eigenvalue weighted by Gasteiger charge is 2.06. The first-order valence-electron chi connectivity index (χ1n) is 6.80. The largest absolute Gasteiger partial charge is 0.398 e. The first-order valence-corrected chi connectivity index (χ1v) is 7.18. The van der Waals surface area contributed by atoms with Gasteiger partial charge >= 0.3 is 0 Å². The molecule has 0 aliphatic rings. The summed E-state index contributed by atoms with van der Waals surface area (Å²) in [5, 5.41) is 0.748. The molecule has 106 valence electrons. The van der Waals surface area contributed by atoms with Crippen molar-refractivity contribution >= 4 is 17.3 Å². The van der Waals surface area contributed by atoms with Crippen molar-refractivity contribution in [2.24, 2.45) is 0 Å². The van der Waals surface area contributed by atoms with Crippen molar-refractivity contribution < 1.29 is 0 Å². The summed E-state index contributed by atoms with van der Waals surface area (Å²) in [6, 6.07) is 15.8. The summed E-state index contributed by atoms with van der Waals surface area (Å²) in [5.74, 6) is 1.00. The molecule has 21 heavy (non-hydrogen) atoms. The molecule has 0 amide bonds. The Kier molecular flexibility index (Phi) is 3.93. The number of nitrogens with zero attached hydrogens (tertiary/aromatic N) is 2. The van der Waals surface area contributed by atoms with Gasteiger partial charge in [-0.1, -0.05) is 41.9 Å². The van der Waals surface area contributed by atoms with Crippen molar-refractivity contribution in [1.82, 2.24) is 9.55 Å². The molecule has 0 radical (unpaired) electrons. The number of rotatable bonds is 4. The molecule has 0 fully saturated rings. The van der Waals surface area contributed by atoms with Crippen LogP contribution in [0, 0.1) is 0 Å². The van der Waals surface area contributed by atoms with Gasteiger partial charge in [0.05, 0.1) is 6.54 Å². The summed E-state index contributed by atoms with van der Waals surface area (Å²) in [5.41, 5.74) is 9.06. The van der Waals surface area contributed by atoms with E-state index in [0.717, 1.165) is 40.6 Å². The number of imidazole rings is 1. The zero-order valence-corrected chi connectivity index (χ0v) is 12.3. The first kappa shape index (κ1) is 13.7. The van der Waals surface area contributed by atoms with Crippen molar-refractivity contribution in [3.63, 3.8) is 0 Å². The molecule has 2 N–H and O–H groups in total. The summed E-state index contributed by atoms with van der Waals surface area (Å²) in [4.78, 5) is 4.45. The zero-order valence-electron chi connectivity index (χ0n) is 11.5. The van der Waals surface area contributed by atoms with Crippen LogP contribution in [0.5, 0.6) is 0 Å². The van der Waals surface area contributed by atoms with Gasteiger partial charge in [-0.05, 0) is 29.3 Å². The van der Waals surface area contributed by atoms with Crippen LogP contribution >= 0.6 is 11.6 Å². The third-order valence-corrected chi connectivity index (χ3v) is 3.68. The lowest BCUT2D eigenvalue weighted by Crippen LogP contribution is -2.07. The van der Waals surface area contributed by atoms with Gasteiger partial charge in [0.25, 0.3) is 0 Å². The normalized spacial score (nSPS) is 10.7. The van der Waals surface area contributed by atoms with Crippen molar-refractivity contribution in [2.45, 2.75) is 13.0 Å². The number of para-hydroxylation sites is 1. The Morgan fingerprint density at radius 3 is 2.76 bits per heavy atom. The Morgan fingerprint density at radius 2 is 1.95 bits per heavy atom. The van der Waals surface area contributed by atoms with Crippen LogP contribution in [0.15, 0.2) is 60.9 Å². The van der Waals surface area contributed by atoms with Gasteiger partial charge < -0.3 is 10.3 Å². The van der Waals surface area contributed by atoms with E-state index in [-0.39, 0.29) is 0 Å². The van der Waals surface area contributed by atoms with Crippen molar-refractivity contribution in [3.8, 4) is 0 Å². The molecule has 2 aromatic carbocycles. The standard InChI is InChI=1S/C17H16ClN3/c18-15-6-3-4-13(10-15)11-17-20-8-9-21(17)12-14-5-1-2-7-16(14)19/h1-10H,11-12,19H2. The number of halogens is 1. The molecule has 0 spiro atoms. The van der Waals surface area contributed by atoms with Gasteiger partial charge in [-0.25, -0.2) is 4.98 Å². The lowest BCUT2D eigenvalue weighted by Gasteiger charge is -2.10. The van der Waals surface area contributed by atoms with Crippen LogP contribution in [0.25, 0.3) is 0 Å². The molecule has 1 heterocycles. The van der Waals surface area contributed by atoms with E-state index < -0.39 is 0 Å². The average molecular weight is 298 g/mol. The highest BCUT2D eigenvalue weighted by Crippen LogP contribution is 2.17. The van der Waals surface area contributed by atoms with Gasteiger partial charge in [-0.2, -0.15) is 0 Å². The average Bonchev–Trinajstić information content (AvgIpc) is 2.89. The van der Waals surface area contributed by atoms with E-state index in [1.807, 2.05) is 54.9 Å². The van der Waals surface area contributed by atoms with E-state index in [1.165, 1.54) is 0 Å². The van der Waals surface area contributed by atoms with E-state index in [4.69, 9.17) is 17.3 Å². The third kappa shape index (κ3) is 3.26. The lowest BCUT2D eigenvalue weighted by molar-refractivity contribution is 0.742. The number of nitrogen functional groups attached to an aromatic ring is 1. The monoisotopic (exact) mass is 297 g/mol. The van der Waals surface area contributed by atoms with Crippen LogP contribution in [-0.2, 0) is 13.0 Å². The van der Waals surface area contributed by atoms with Gasteiger partial charge in [0.1, 0.15) is 5.82 Å². The van der Waals surface area contributed by atoms with Gasteiger partial charge in [0, 0.05) is 29.5 Å². The number of anilines is 1. The van der Waals surface area contributed by atoms with Crippen LogP contribution in [-0.4, -0.2) is 9.55 Å². The SMILES string of the molecule is Nc1ccccc1Cn1ccnc1Cc1cccc(Cl)c1. The van der Waals surface area contributed by atoms with Crippen LogP contribution in [0.3, 0.4) is 0 Å². The molecule has 1 aromatic heterocycles. The second-order valence-corrected chi connectivity index (χ2v) is 5.41. The van der Waals surface area contributed by atoms with E-state index in [1.54, 1.807) is 0 Å². The topological polar surface area (TPSA) is 43.8 Å². The Hall–Kier alpha value is -2.26. The summed E-state index contributed by atoms with van der Waals surface area (Å²) in [6.07, 6.45) is 4.55. The minimum atomic E-state index is 0.725. The molecule has 0 unspecified atom stereocenters. The number of hydrogen-bond acceptors (Lipinski definition) is 2. The van der Waals surface area contributed by atoms with Gasteiger partial charge in [0.2, 0.25) is 0 Å². The fourth-order valence-electron chi connectivity index (χ4n) is 2.34. The summed E-state index contributed by atoms with van der Waals surface area (Å²) in [6.45, 7) is 0.725. The first-order chi connectivity index (χ1) is 10.2. The number of benzene rings is 2. The molecular weight excluding hydrogens is 282 g/mol. The lowest BCUT2D eigenvalue weighted by atomic mass is 10.1. The highest BCUT2D eigenvalue weighted by molar-refractivity contribution is 6.30. The van der Waals surface area contributed by atoms with Crippen molar-refractivity contribution in [1.29, 1.82) is 0 Å². The Bertz CT molecular complexity index is 749. The predicted molar refractivity (Wildman–Crippen MR) is 86.4 cm³/mol. The van der Waals surface area contributed by atoms with Crippen LogP contribution in [0.2, 0.25) is 5.02 Å².